The molecule has 184 valence electrons. The first kappa shape index (κ1) is 26.4. The van der Waals surface area contributed by atoms with E-state index >= 15 is 0 Å². The number of rotatable bonds is 7. The van der Waals surface area contributed by atoms with E-state index in [2.05, 4.69) is 16.7 Å². The summed E-state index contributed by atoms with van der Waals surface area (Å²) in [5.74, 6) is 3.36. The van der Waals surface area contributed by atoms with Crippen LogP contribution < -0.4 is 15.7 Å². The molecule has 9 heteroatoms. The Hall–Kier alpha value is -3.17. The van der Waals surface area contributed by atoms with Gasteiger partial charge in [0.2, 0.25) is 0 Å². The molecule has 0 bridgehead atoms. The molecule has 0 spiro atoms. The van der Waals surface area contributed by atoms with Crippen LogP contribution in [0.15, 0.2) is 76.5 Å². The first-order chi connectivity index (χ1) is 16.3. The Balaban J connectivity index is 0.00000342. The van der Waals surface area contributed by atoms with Crippen molar-refractivity contribution in [3.8, 4) is 0 Å². The van der Waals surface area contributed by atoms with Crippen molar-refractivity contribution in [1.29, 1.82) is 0 Å². The van der Waals surface area contributed by atoms with E-state index in [-0.39, 0.29) is 25.8 Å². The van der Waals surface area contributed by atoms with E-state index in [1.54, 1.807) is 60.7 Å². The van der Waals surface area contributed by atoms with E-state index < -0.39 is 9.52 Å². The summed E-state index contributed by atoms with van der Waals surface area (Å²) in [6.45, 7) is 0.945. The second-order valence-corrected chi connectivity index (χ2v) is 10.4. The summed E-state index contributed by atoms with van der Waals surface area (Å²) in [7, 11) is -1.52. The Kier molecular flexibility index (Phi) is 8.34. The van der Waals surface area contributed by atoms with Gasteiger partial charge in [-0.2, -0.15) is 0 Å². The number of anilines is 1. The van der Waals surface area contributed by atoms with Crippen molar-refractivity contribution >= 4 is 44.5 Å². The Morgan fingerprint density at radius 3 is 2.57 bits per heavy atom. The topological polar surface area (TPSA) is 87.7 Å². The Morgan fingerprint density at radius 1 is 1.06 bits per heavy atom. The molecule has 7 nitrogen and oxygen atoms in total. The summed E-state index contributed by atoms with van der Waals surface area (Å²) in [6, 6.07) is 18.8. The predicted octanol–water partition coefficient (Wildman–Crippen LogP) is 4.15. The third-order valence-corrected chi connectivity index (χ3v) is 7.83. The van der Waals surface area contributed by atoms with Crippen molar-refractivity contribution in [3.63, 3.8) is 0 Å². The van der Waals surface area contributed by atoms with E-state index in [9.17, 15) is 13.8 Å². The molecule has 3 aromatic rings. The minimum absolute atomic E-state index is 0. The fraction of sp³-hybridized carbons (Fsp3) is 0.192. The molecular formula is C26H28ClN3O4S. The lowest BCUT2D eigenvalue weighted by atomic mass is 10.1. The summed E-state index contributed by atoms with van der Waals surface area (Å²) in [5.41, 5.74) is 4.48. The van der Waals surface area contributed by atoms with Gasteiger partial charge in [0.15, 0.2) is 0 Å². The summed E-state index contributed by atoms with van der Waals surface area (Å²) in [6.07, 6.45) is 0. The van der Waals surface area contributed by atoms with Crippen LogP contribution in [-0.2, 0) is 20.9 Å². The van der Waals surface area contributed by atoms with Gasteiger partial charge in [0.05, 0.1) is 29.8 Å². The average molecular weight is 514 g/mol. The van der Waals surface area contributed by atoms with Crippen molar-refractivity contribution in [2.24, 2.45) is 0 Å². The molecular weight excluding hydrogens is 486 g/mol. The number of carbonyl (C=O) groups is 2. The minimum Gasteiger partial charge on any atom is -0.351 e. The molecule has 1 aliphatic rings. The number of halogens is 1. The number of benzene rings is 3. The molecule has 0 radical (unpaired) electrons. The molecule has 4 rings (SSSR count). The van der Waals surface area contributed by atoms with E-state index in [1.807, 2.05) is 6.07 Å². The lowest BCUT2D eigenvalue weighted by Gasteiger charge is -2.24. The van der Waals surface area contributed by atoms with Crippen molar-refractivity contribution in [1.82, 2.24) is 10.8 Å². The molecule has 35 heavy (non-hydrogen) atoms. The summed E-state index contributed by atoms with van der Waals surface area (Å²) in [4.78, 5) is 33.5. The van der Waals surface area contributed by atoms with Gasteiger partial charge >= 0.3 is 0 Å². The third-order valence-electron chi connectivity index (χ3n) is 5.47. The zero-order valence-electron chi connectivity index (χ0n) is 18.5. The quantitative estimate of drug-likeness (QED) is 0.281. The monoisotopic (exact) mass is 513 g/mol. The Morgan fingerprint density at radius 2 is 1.83 bits per heavy atom. The number of fused-ring (bicyclic) bond motifs is 2. The smallest absolute Gasteiger partial charge is 0.259 e. The number of hydroxylamine groups is 1. The van der Waals surface area contributed by atoms with Gasteiger partial charge in [-0.15, -0.1) is 0 Å². The van der Waals surface area contributed by atoms with E-state index in [0.717, 1.165) is 5.56 Å². The molecule has 1 aliphatic heterocycles. The molecule has 1 heterocycles. The normalized spacial score (nSPS) is 16.5. The lowest BCUT2D eigenvalue weighted by Crippen LogP contribution is -2.32. The maximum absolute atomic E-state index is 14.0. The fourth-order valence-electron chi connectivity index (χ4n) is 3.86. The molecule has 0 saturated heterocycles. The summed E-state index contributed by atoms with van der Waals surface area (Å²) >= 11 is 6.17. The number of carbonyl (C=O) groups excluding carboxylic acids is 2. The van der Waals surface area contributed by atoms with Crippen molar-refractivity contribution < 1.29 is 18.6 Å². The fourth-order valence-corrected chi connectivity index (χ4v) is 5.91. The van der Waals surface area contributed by atoms with Crippen LogP contribution in [0.5, 0.6) is 0 Å². The van der Waals surface area contributed by atoms with Crippen LogP contribution >= 0.6 is 11.6 Å². The molecule has 2 N–H and O–H groups in total. The van der Waals surface area contributed by atoms with Gasteiger partial charge in [0.1, 0.15) is 0 Å². The number of amides is 2. The lowest BCUT2D eigenvalue weighted by molar-refractivity contribution is 0.0863. The van der Waals surface area contributed by atoms with Crippen LogP contribution in [0.3, 0.4) is 0 Å². The van der Waals surface area contributed by atoms with Crippen LogP contribution in [0, 0.1) is 0 Å². The third kappa shape index (κ3) is 5.41. The largest absolute Gasteiger partial charge is 0.351 e. The number of nitrogens with one attached hydrogen (secondary N) is 2. The van der Waals surface area contributed by atoms with Gasteiger partial charge < -0.3 is 15.1 Å². The highest BCUT2D eigenvalue weighted by molar-refractivity contribution is 8.00. The highest BCUT2D eigenvalue weighted by Gasteiger charge is 2.33. The first-order valence-electron chi connectivity index (χ1n) is 10.5. The molecule has 0 aromatic heterocycles. The highest BCUT2D eigenvalue weighted by atomic mass is 35.5. The van der Waals surface area contributed by atoms with E-state index in [4.69, 9.17) is 16.4 Å². The zero-order valence-corrected chi connectivity index (χ0v) is 20.1. The van der Waals surface area contributed by atoms with Crippen molar-refractivity contribution in [3.05, 3.63) is 88.4 Å². The summed E-state index contributed by atoms with van der Waals surface area (Å²) in [5, 5.41) is 3.33. The number of hydrogen-bond donors (Lipinski definition) is 2. The van der Waals surface area contributed by atoms with E-state index in [0.29, 0.717) is 44.7 Å². The van der Waals surface area contributed by atoms with Gasteiger partial charge in [-0.3, -0.25) is 13.8 Å². The molecule has 2 amide bonds. The van der Waals surface area contributed by atoms with Crippen LogP contribution in [0.1, 0.15) is 33.7 Å². The second kappa shape index (κ2) is 11.0. The second-order valence-electron chi connectivity index (χ2n) is 7.73. The van der Waals surface area contributed by atoms with E-state index in [1.165, 1.54) is 12.0 Å². The maximum atomic E-state index is 14.0. The predicted molar refractivity (Wildman–Crippen MR) is 141 cm³/mol. The molecule has 0 aliphatic carbocycles. The van der Waals surface area contributed by atoms with Crippen molar-refractivity contribution in [2.45, 2.75) is 23.8 Å². The summed E-state index contributed by atoms with van der Waals surface area (Å²) < 4.78 is 14.0. The molecule has 0 saturated carbocycles. The van der Waals surface area contributed by atoms with Gasteiger partial charge in [0, 0.05) is 38.1 Å². The van der Waals surface area contributed by atoms with Crippen molar-refractivity contribution in [2.75, 3.05) is 25.1 Å². The Labute approximate surface area is 211 Å². The molecule has 1 atom stereocenters. The van der Waals surface area contributed by atoms with Crippen LogP contribution in [0.25, 0.3) is 0 Å². The minimum atomic E-state index is -3.02. The van der Waals surface area contributed by atoms with Crippen LogP contribution in [-0.4, -0.2) is 42.1 Å². The maximum Gasteiger partial charge on any atom is 0.259 e. The zero-order chi connectivity index (χ0) is 24.3. The first-order valence-corrected chi connectivity index (χ1v) is 12.6. The Bertz CT molecular complexity index is 1360. The number of nitrogens with zero attached hydrogens (tertiary/aromatic N) is 1. The highest BCUT2D eigenvalue weighted by Crippen LogP contribution is 2.38. The van der Waals surface area contributed by atoms with Gasteiger partial charge in [-0.25, -0.2) is 5.48 Å². The number of hydrogen-bond acceptors (Lipinski definition) is 5. The average Bonchev–Trinajstić information content (AvgIpc) is 2.90. The molecule has 1 unspecified atom stereocenters. The molecule has 3 aromatic carbocycles. The molecule has 0 fully saturated rings. The van der Waals surface area contributed by atoms with Gasteiger partial charge in [-0.05, 0) is 53.9 Å². The van der Waals surface area contributed by atoms with Crippen LogP contribution in [0.2, 0.25) is 5.02 Å². The van der Waals surface area contributed by atoms with Gasteiger partial charge in [0.25, 0.3) is 11.8 Å². The SMILES string of the molecule is C.C=S1(=O)c2ccccc2C(=O)N(Cc2cccc(Cl)c2)c2cc(C(=O)NCCNOC)ccc21. The van der Waals surface area contributed by atoms with Crippen LogP contribution in [0.4, 0.5) is 5.69 Å². The standard InChI is InChI=1S/C25H24ClN3O4S.CH4/c1-33-28-13-12-27-24(30)18-10-11-23-21(15-18)29(16-17-6-5-7-19(26)14-17)25(31)20-8-3-4-9-22(20)34(23,2)32;/h3-11,14-15,28H,2,12-13,16H2,1H3,(H,27,30);1H4. The van der Waals surface area contributed by atoms with Gasteiger partial charge in [-0.1, -0.05) is 43.3 Å².